The fourth-order valence-corrected chi connectivity index (χ4v) is 3.02. The summed E-state index contributed by atoms with van der Waals surface area (Å²) in [5.41, 5.74) is 9.45. The van der Waals surface area contributed by atoms with Crippen LogP contribution in [0.1, 0.15) is 20.3 Å². The maximum atomic E-state index is 9.88. The first-order valence-corrected chi connectivity index (χ1v) is 7.88. The van der Waals surface area contributed by atoms with Crippen LogP contribution in [0, 0.1) is 0 Å². The van der Waals surface area contributed by atoms with Crippen molar-refractivity contribution in [3.8, 4) is 11.1 Å². The zero-order chi connectivity index (χ0) is 15.0. The minimum absolute atomic E-state index is 0.655. The largest absolute Gasteiger partial charge is 0.398 e. The highest BCUT2D eigenvalue weighted by Gasteiger charge is 2.14. The molecule has 0 aliphatic rings. The molecule has 0 atom stereocenters. The average Bonchev–Trinajstić information content (AvgIpc) is 3.03. The quantitative estimate of drug-likeness (QED) is 0.725. The minimum atomic E-state index is -0.692. The number of benzene rings is 1. The molecule has 0 saturated carbocycles. The molecule has 3 aromatic rings. The Labute approximate surface area is 127 Å². The fraction of sp³-hybridized carbons (Fsp3) is 0.312. The predicted molar refractivity (Wildman–Crippen MR) is 88.4 cm³/mol. The van der Waals surface area contributed by atoms with Gasteiger partial charge in [-0.1, -0.05) is 0 Å². The third kappa shape index (κ3) is 2.94. The van der Waals surface area contributed by atoms with Crippen LogP contribution in [0.3, 0.4) is 0 Å². The summed E-state index contributed by atoms with van der Waals surface area (Å²) < 4.78 is 1.93. The maximum absolute atomic E-state index is 9.88. The highest BCUT2D eigenvalue weighted by Crippen LogP contribution is 2.32. The van der Waals surface area contributed by atoms with Crippen molar-refractivity contribution in [2.24, 2.45) is 0 Å². The number of nitrogens with zero attached hydrogens (tertiary/aromatic N) is 2. The van der Waals surface area contributed by atoms with Crippen molar-refractivity contribution in [1.82, 2.24) is 9.78 Å². The predicted octanol–water partition coefficient (Wildman–Crippen LogP) is 3.51. The number of thiophene rings is 1. The van der Waals surface area contributed by atoms with Crippen molar-refractivity contribution in [2.75, 3.05) is 5.73 Å². The van der Waals surface area contributed by atoms with E-state index in [1.807, 2.05) is 36.2 Å². The fourth-order valence-electron chi connectivity index (χ4n) is 2.37. The van der Waals surface area contributed by atoms with Crippen LogP contribution in [0.4, 0.5) is 5.69 Å². The lowest BCUT2D eigenvalue weighted by Gasteiger charge is -2.17. The van der Waals surface area contributed by atoms with Crippen molar-refractivity contribution in [3.63, 3.8) is 0 Å². The van der Waals surface area contributed by atoms with Crippen molar-refractivity contribution in [3.05, 3.63) is 35.2 Å². The van der Waals surface area contributed by atoms with Gasteiger partial charge in [-0.05, 0) is 54.8 Å². The number of nitrogen functional groups attached to an aromatic ring is 1. The molecule has 0 amide bonds. The summed E-state index contributed by atoms with van der Waals surface area (Å²) in [5.74, 6) is 0. The van der Waals surface area contributed by atoms with Gasteiger partial charge in [0, 0.05) is 23.2 Å². The second-order valence-corrected chi connectivity index (χ2v) is 6.72. The summed E-state index contributed by atoms with van der Waals surface area (Å²) in [5, 5.41) is 19.5. The summed E-state index contributed by atoms with van der Waals surface area (Å²) in [6, 6.07) is 6.12. The molecule has 4 nitrogen and oxygen atoms in total. The topological polar surface area (TPSA) is 64.1 Å². The Morgan fingerprint density at radius 1 is 1.38 bits per heavy atom. The molecule has 2 heterocycles. The summed E-state index contributed by atoms with van der Waals surface area (Å²) in [4.78, 5) is 0. The van der Waals surface area contributed by atoms with E-state index in [-0.39, 0.29) is 0 Å². The van der Waals surface area contributed by atoms with Gasteiger partial charge in [-0.15, -0.1) is 0 Å². The second-order valence-electron chi connectivity index (χ2n) is 5.94. The molecule has 0 aliphatic carbocycles. The van der Waals surface area contributed by atoms with Crippen LogP contribution in [0.15, 0.2) is 35.2 Å². The molecule has 5 heteroatoms. The lowest BCUT2D eigenvalue weighted by atomic mass is 10.0. The van der Waals surface area contributed by atoms with Crippen molar-refractivity contribution in [2.45, 2.75) is 32.4 Å². The van der Waals surface area contributed by atoms with E-state index in [0.717, 1.165) is 27.7 Å². The number of anilines is 1. The van der Waals surface area contributed by atoms with Gasteiger partial charge in [0.1, 0.15) is 0 Å². The van der Waals surface area contributed by atoms with Gasteiger partial charge < -0.3 is 10.8 Å². The Balaban J connectivity index is 2.02. The summed E-state index contributed by atoms with van der Waals surface area (Å²) in [6.07, 6.45) is 2.48. The SMILES string of the molecule is CC(C)(O)CCn1ncc2cc(N)c(-c3ccsc3)cc21. The van der Waals surface area contributed by atoms with Crippen LogP contribution in [-0.4, -0.2) is 20.5 Å². The zero-order valence-corrected chi connectivity index (χ0v) is 13.0. The number of rotatable bonds is 4. The molecule has 0 bridgehead atoms. The monoisotopic (exact) mass is 301 g/mol. The molecule has 3 rings (SSSR count). The standard InChI is InChI=1S/C16H19N3OS/c1-16(2,20)4-5-19-15-8-13(11-3-6-21-10-11)14(17)7-12(15)9-18-19/h3,6-10,20H,4-5,17H2,1-2H3. The molecule has 1 aromatic carbocycles. The van der Waals surface area contributed by atoms with E-state index < -0.39 is 5.60 Å². The lowest BCUT2D eigenvalue weighted by Crippen LogP contribution is -2.21. The molecule has 0 unspecified atom stereocenters. The Morgan fingerprint density at radius 2 is 2.19 bits per heavy atom. The van der Waals surface area contributed by atoms with Gasteiger partial charge in [-0.3, -0.25) is 4.68 Å². The highest BCUT2D eigenvalue weighted by molar-refractivity contribution is 7.08. The first-order valence-electron chi connectivity index (χ1n) is 6.94. The molecule has 3 N–H and O–H groups in total. The molecule has 0 radical (unpaired) electrons. The first-order chi connectivity index (χ1) is 9.94. The van der Waals surface area contributed by atoms with Crippen LogP contribution in [0.2, 0.25) is 0 Å². The number of hydrogen-bond acceptors (Lipinski definition) is 4. The van der Waals surface area contributed by atoms with Crippen LogP contribution < -0.4 is 5.73 Å². The highest BCUT2D eigenvalue weighted by atomic mass is 32.1. The Hall–Kier alpha value is -1.85. The average molecular weight is 301 g/mol. The third-order valence-corrected chi connectivity index (χ3v) is 4.26. The summed E-state index contributed by atoms with van der Waals surface area (Å²) in [7, 11) is 0. The van der Waals surface area contributed by atoms with Crippen LogP contribution in [-0.2, 0) is 6.54 Å². The molecular weight excluding hydrogens is 282 g/mol. The van der Waals surface area contributed by atoms with Gasteiger partial charge in [-0.25, -0.2) is 0 Å². The number of aliphatic hydroxyl groups is 1. The number of aromatic nitrogens is 2. The maximum Gasteiger partial charge on any atom is 0.0690 e. The Morgan fingerprint density at radius 3 is 2.86 bits per heavy atom. The Bertz CT molecular complexity index is 754. The molecular formula is C16H19N3OS. The van der Waals surface area contributed by atoms with E-state index >= 15 is 0 Å². The third-order valence-electron chi connectivity index (χ3n) is 3.58. The van der Waals surface area contributed by atoms with Gasteiger partial charge in [0.15, 0.2) is 0 Å². The number of fused-ring (bicyclic) bond motifs is 1. The summed E-state index contributed by atoms with van der Waals surface area (Å²) >= 11 is 1.66. The number of nitrogens with two attached hydrogens (primary N) is 1. The number of hydrogen-bond donors (Lipinski definition) is 2. The molecule has 2 aromatic heterocycles. The first kappa shape index (κ1) is 14.1. The number of aryl methyl sites for hydroxylation is 1. The summed E-state index contributed by atoms with van der Waals surface area (Å²) in [6.45, 7) is 4.31. The Kier molecular flexibility index (Phi) is 3.47. The molecule has 0 aliphatic heterocycles. The second kappa shape index (κ2) is 5.16. The van der Waals surface area contributed by atoms with E-state index in [1.54, 1.807) is 11.3 Å². The van der Waals surface area contributed by atoms with Gasteiger partial charge in [0.25, 0.3) is 0 Å². The smallest absolute Gasteiger partial charge is 0.0690 e. The lowest BCUT2D eigenvalue weighted by molar-refractivity contribution is 0.0655. The van der Waals surface area contributed by atoms with E-state index in [9.17, 15) is 5.11 Å². The van der Waals surface area contributed by atoms with E-state index in [2.05, 4.69) is 22.6 Å². The molecule has 21 heavy (non-hydrogen) atoms. The molecule has 110 valence electrons. The normalized spacial score (nSPS) is 12.1. The van der Waals surface area contributed by atoms with Gasteiger partial charge in [0.05, 0.1) is 17.3 Å². The van der Waals surface area contributed by atoms with Crippen LogP contribution >= 0.6 is 11.3 Å². The van der Waals surface area contributed by atoms with E-state index in [0.29, 0.717) is 13.0 Å². The molecule has 0 fully saturated rings. The van der Waals surface area contributed by atoms with Crippen LogP contribution in [0.5, 0.6) is 0 Å². The minimum Gasteiger partial charge on any atom is -0.398 e. The van der Waals surface area contributed by atoms with E-state index in [1.165, 1.54) is 0 Å². The van der Waals surface area contributed by atoms with Gasteiger partial charge in [-0.2, -0.15) is 16.4 Å². The van der Waals surface area contributed by atoms with E-state index in [4.69, 9.17) is 5.73 Å². The van der Waals surface area contributed by atoms with Gasteiger partial charge in [0.2, 0.25) is 0 Å². The van der Waals surface area contributed by atoms with Crippen LogP contribution in [0.25, 0.3) is 22.0 Å². The van der Waals surface area contributed by atoms with Crippen molar-refractivity contribution < 1.29 is 5.11 Å². The van der Waals surface area contributed by atoms with Crippen molar-refractivity contribution >= 4 is 27.9 Å². The zero-order valence-electron chi connectivity index (χ0n) is 12.2. The molecule has 0 saturated heterocycles. The van der Waals surface area contributed by atoms with Crippen molar-refractivity contribution in [1.29, 1.82) is 0 Å². The van der Waals surface area contributed by atoms with Gasteiger partial charge >= 0.3 is 0 Å². The molecule has 0 spiro atoms.